The molecule has 1 atom stereocenters. The second kappa shape index (κ2) is 10.3. The van der Waals surface area contributed by atoms with Gasteiger partial charge in [0.25, 0.3) is 0 Å². The van der Waals surface area contributed by atoms with Gasteiger partial charge in [0.1, 0.15) is 11.8 Å². The third kappa shape index (κ3) is 5.65. The number of fused-ring (bicyclic) bond motifs is 1. The maximum Gasteiger partial charge on any atom is 0.413 e. The summed E-state index contributed by atoms with van der Waals surface area (Å²) in [6.45, 7) is -0.428. The van der Waals surface area contributed by atoms with E-state index in [9.17, 15) is 14.4 Å². The fourth-order valence-corrected chi connectivity index (χ4v) is 3.43. The SMILES string of the molecule is O=C(N[C@H](Cc1c[nH]c2ccccc12)C(=O)OCC(=O)c1ccccc1)Oc1ccccc1. The van der Waals surface area contributed by atoms with E-state index in [1.54, 1.807) is 66.9 Å². The van der Waals surface area contributed by atoms with Gasteiger partial charge < -0.3 is 19.8 Å². The van der Waals surface area contributed by atoms with Crippen LogP contribution in [0.5, 0.6) is 5.75 Å². The van der Waals surface area contributed by atoms with Crippen LogP contribution in [0, 0.1) is 0 Å². The van der Waals surface area contributed by atoms with Crippen LogP contribution < -0.4 is 10.1 Å². The van der Waals surface area contributed by atoms with Crippen molar-refractivity contribution in [3.63, 3.8) is 0 Å². The first-order valence-electron chi connectivity index (χ1n) is 10.4. The lowest BCUT2D eigenvalue weighted by Crippen LogP contribution is -2.45. The summed E-state index contributed by atoms with van der Waals surface area (Å²) in [5, 5.41) is 3.50. The fraction of sp³-hybridized carbons (Fsp3) is 0.115. The van der Waals surface area contributed by atoms with Crippen molar-refractivity contribution in [2.75, 3.05) is 6.61 Å². The molecular weight excluding hydrogens is 420 g/mol. The van der Waals surface area contributed by atoms with Crippen LogP contribution in [0.4, 0.5) is 4.79 Å². The average molecular weight is 442 g/mol. The second-order valence-electron chi connectivity index (χ2n) is 7.36. The lowest BCUT2D eigenvalue weighted by molar-refractivity contribution is -0.144. The van der Waals surface area contributed by atoms with Crippen molar-refractivity contribution in [1.29, 1.82) is 0 Å². The van der Waals surface area contributed by atoms with E-state index >= 15 is 0 Å². The van der Waals surface area contributed by atoms with E-state index in [-0.39, 0.29) is 12.2 Å². The Balaban J connectivity index is 1.48. The number of hydrogen-bond donors (Lipinski definition) is 2. The van der Waals surface area contributed by atoms with Crippen molar-refractivity contribution in [3.8, 4) is 5.75 Å². The zero-order valence-electron chi connectivity index (χ0n) is 17.7. The molecule has 0 spiro atoms. The zero-order valence-corrected chi connectivity index (χ0v) is 17.7. The molecule has 0 aliphatic rings. The Morgan fingerprint density at radius 1 is 0.848 bits per heavy atom. The van der Waals surface area contributed by atoms with E-state index in [1.807, 2.05) is 24.3 Å². The van der Waals surface area contributed by atoms with Gasteiger partial charge >= 0.3 is 12.1 Å². The van der Waals surface area contributed by atoms with E-state index < -0.39 is 24.7 Å². The lowest BCUT2D eigenvalue weighted by atomic mass is 10.1. The molecule has 0 saturated carbocycles. The van der Waals surface area contributed by atoms with Crippen LogP contribution in [0.15, 0.2) is 91.1 Å². The predicted octanol–water partition coefficient (Wildman–Crippen LogP) is 4.29. The van der Waals surface area contributed by atoms with E-state index in [2.05, 4.69) is 10.3 Å². The minimum Gasteiger partial charge on any atom is -0.456 e. The molecule has 166 valence electrons. The number of Topliss-reactive ketones (excluding diaryl/α,β-unsaturated/α-hetero) is 1. The van der Waals surface area contributed by atoms with Crippen LogP contribution >= 0.6 is 0 Å². The molecule has 0 aliphatic carbocycles. The van der Waals surface area contributed by atoms with E-state index in [4.69, 9.17) is 9.47 Å². The van der Waals surface area contributed by atoms with Crippen LogP contribution in [-0.4, -0.2) is 35.5 Å². The summed E-state index contributed by atoms with van der Waals surface area (Å²) in [6, 6.07) is 23.7. The van der Waals surface area contributed by atoms with Gasteiger partial charge in [0, 0.05) is 29.1 Å². The molecule has 0 aliphatic heterocycles. The molecule has 1 aromatic heterocycles. The monoisotopic (exact) mass is 442 g/mol. The van der Waals surface area contributed by atoms with Gasteiger partial charge in [-0.15, -0.1) is 0 Å². The Morgan fingerprint density at radius 2 is 1.52 bits per heavy atom. The smallest absolute Gasteiger partial charge is 0.413 e. The summed E-state index contributed by atoms with van der Waals surface area (Å²) in [5.74, 6) is -0.718. The van der Waals surface area contributed by atoms with E-state index in [0.29, 0.717) is 11.3 Å². The van der Waals surface area contributed by atoms with Crippen LogP contribution in [-0.2, 0) is 16.0 Å². The van der Waals surface area contributed by atoms with Crippen molar-refractivity contribution in [2.24, 2.45) is 0 Å². The van der Waals surface area contributed by atoms with Crippen LogP contribution in [0.2, 0.25) is 0 Å². The maximum atomic E-state index is 12.9. The number of benzene rings is 3. The molecule has 7 heteroatoms. The number of aromatic amines is 1. The Labute approximate surface area is 190 Å². The van der Waals surface area contributed by atoms with Gasteiger partial charge in [0.2, 0.25) is 0 Å². The third-order valence-corrected chi connectivity index (χ3v) is 5.07. The standard InChI is InChI=1S/C26H22N2O5/c29-24(18-9-3-1-4-10-18)17-32-25(30)23(28-26(31)33-20-11-5-2-6-12-20)15-19-16-27-22-14-8-7-13-21(19)22/h1-14,16,23,27H,15,17H2,(H,28,31)/t23-/m1/s1. The molecule has 4 rings (SSSR count). The predicted molar refractivity (Wildman–Crippen MR) is 123 cm³/mol. The summed E-state index contributed by atoms with van der Waals surface area (Å²) in [6.07, 6.45) is 1.15. The molecule has 2 N–H and O–H groups in total. The van der Waals surface area contributed by atoms with Crippen LogP contribution in [0.25, 0.3) is 10.9 Å². The molecule has 0 unspecified atom stereocenters. The number of para-hydroxylation sites is 2. The number of nitrogens with one attached hydrogen (secondary N) is 2. The molecule has 1 heterocycles. The summed E-state index contributed by atoms with van der Waals surface area (Å²) < 4.78 is 10.5. The maximum absolute atomic E-state index is 12.9. The number of esters is 1. The second-order valence-corrected chi connectivity index (χ2v) is 7.36. The number of ketones is 1. The van der Waals surface area contributed by atoms with Gasteiger partial charge in [-0.25, -0.2) is 9.59 Å². The third-order valence-electron chi connectivity index (χ3n) is 5.07. The summed E-state index contributed by atoms with van der Waals surface area (Å²) in [7, 11) is 0. The number of carbonyl (C=O) groups is 3. The quantitative estimate of drug-likeness (QED) is 0.313. The minimum absolute atomic E-state index is 0.159. The first-order valence-corrected chi connectivity index (χ1v) is 10.4. The highest BCUT2D eigenvalue weighted by Crippen LogP contribution is 2.20. The first-order chi connectivity index (χ1) is 16.1. The highest BCUT2D eigenvalue weighted by atomic mass is 16.6. The Bertz CT molecular complexity index is 1250. The minimum atomic E-state index is -1.05. The van der Waals surface area contributed by atoms with E-state index in [0.717, 1.165) is 16.5 Å². The lowest BCUT2D eigenvalue weighted by Gasteiger charge is -2.17. The van der Waals surface area contributed by atoms with Crippen molar-refractivity contribution >= 4 is 28.7 Å². The van der Waals surface area contributed by atoms with Crippen molar-refractivity contribution in [1.82, 2.24) is 10.3 Å². The number of hydrogen-bond acceptors (Lipinski definition) is 5. The number of carbonyl (C=O) groups excluding carboxylic acids is 3. The van der Waals surface area contributed by atoms with Crippen molar-refractivity contribution in [3.05, 3.63) is 102 Å². The largest absolute Gasteiger partial charge is 0.456 e. The topological polar surface area (TPSA) is 97.5 Å². The van der Waals surface area contributed by atoms with Crippen molar-refractivity contribution in [2.45, 2.75) is 12.5 Å². The molecule has 0 fully saturated rings. The molecule has 1 amide bonds. The summed E-state index contributed by atoms with van der Waals surface area (Å²) in [5.41, 5.74) is 2.17. The van der Waals surface area contributed by atoms with E-state index in [1.165, 1.54) is 0 Å². The highest BCUT2D eigenvalue weighted by Gasteiger charge is 2.26. The Hall–Kier alpha value is -4.39. The zero-order chi connectivity index (χ0) is 23.0. The number of rotatable bonds is 8. The molecule has 0 bridgehead atoms. The van der Waals surface area contributed by atoms with Gasteiger partial charge in [-0.2, -0.15) is 0 Å². The number of H-pyrrole nitrogens is 1. The first kappa shape index (κ1) is 21.8. The number of aromatic nitrogens is 1. The summed E-state index contributed by atoms with van der Waals surface area (Å²) in [4.78, 5) is 40.8. The highest BCUT2D eigenvalue weighted by molar-refractivity contribution is 5.98. The Kier molecular flexibility index (Phi) is 6.80. The van der Waals surface area contributed by atoms with Gasteiger partial charge in [-0.1, -0.05) is 66.7 Å². The number of ether oxygens (including phenoxy) is 2. The molecule has 0 radical (unpaired) electrons. The molecule has 4 aromatic rings. The van der Waals surface area contributed by atoms with Crippen LogP contribution in [0.3, 0.4) is 0 Å². The average Bonchev–Trinajstić information content (AvgIpc) is 3.26. The van der Waals surface area contributed by atoms with Crippen LogP contribution in [0.1, 0.15) is 15.9 Å². The van der Waals surface area contributed by atoms with Crippen molar-refractivity contribution < 1.29 is 23.9 Å². The normalized spacial score (nSPS) is 11.5. The van der Waals surface area contributed by atoms with Gasteiger partial charge in [0.15, 0.2) is 12.4 Å². The van der Waals surface area contributed by atoms with Gasteiger partial charge in [-0.05, 0) is 23.8 Å². The molecule has 0 saturated heterocycles. The molecule has 33 heavy (non-hydrogen) atoms. The van der Waals surface area contributed by atoms with Gasteiger partial charge in [0.05, 0.1) is 0 Å². The number of amides is 1. The van der Waals surface area contributed by atoms with Gasteiger partial charge in [-0.3, -0.25) is 4.79 Å². The Morgan fingerprint density at radius 3 is 2.27 bits per heavy atom. The molecule has 7 nitrogen and oxygen atoms in total. The summed E-state index contributed by atoms with van der Waals surface area (Å²) >= 11 is 0. The molecule has 3 aromatic carbocycles. The molecular formula is C26H22N2O5. The fourth-order valence-electron chi connectivity index (χ4n) is 3.43.